The van der Waals surface area contributed by atoms with E-state index >= 15 is 0 Å². The number of rotatable bonds is 6. The van der Waals surface area contributed by atoms with Crippen molar-refractivity contribution in [2.24, 2.45) is 0 Å². The Balaban J connectivity index is 1.64. The van der Waals surface area contributed by atoms with Gasteiger partial charge < -0.3 is 19.8 Å². The van der Waals surface area contributed by atoms with Gasteiger partial charge in [0, 0.05) is 5.69 Å². The van der Waals surface area contributed by atoms with Gasteiger partial charge in [-0.05, 0) is 36.4 Å². The number of hydrogen-bond acceptors (Lipinski definition) is 8. The Labute approximate surface area is 137 Å². The first-order valence-corrected chi connectivity index (χ1v) is 7.16. The molecule has 122 valence electrons. The normalized spacial score (nSPS) is 10.2. The molecule has 0 bridgehead atoms. The topological polar surface area (TPSA) is 102 Å². The van der Waals surface area contributed by atoms with E-state index in [9.17, 15) is 4.79 Å². The van der Waals surface area contributed by atoms with E-state index in [1.807, 2.05) is 12.1 Å². The summed E-state index contributed by atoms with van der Waals surface area (Å²) in [6, 6.07) is 10.5. The number of nitrogens with one attached hydrogen (secondary N) is 2. The average molecular weight is 325 g/mol. The van der Waals surface area contributed by atoms with Crippen LogP contribution in [0.1, 0.15) is 16.1 Å². The number of benzene rings is 1. The van der Waals surface area contributed by atoms with Crippen molar-refractivity contribution >= 4 is 23.4 Å². The lowest BCUT2D eigenvalue weighted by Crippen LogP contribution is -2.06. The number of carbonyl (C=O) groups is 1. The molecule has 0 aliphatic heterocycles. The minimum atomic E-state index is -0.380. The maximum absolute atomic E-state index is 11.4. The maximum atomic E-state index is 11.4. The first-order valence-electron chi connectivity index (χ1n) is 7.16. The van der Waals surface area contributed by atoms with Crippen molar-refractivity contribution < 1.29 is 13.9 Å². The number of aromatic nitrogens is 3. The number of methoxy groups -OCH3 is 1. The summed E-state index contributed by atoms with van der Waals surface area (Å²) in [5.74, 6) is 1.30. The molecule has 0 spiro atoms. The third kappa shape index (κ3) is 3.86. The number of nitrogens with zero attached hydrogens (tertiary/aromatic N) is 3. The van der Waals surface area contributed by atoms with Gasteiger partial charge in [0.2, 0.25) is 5.95 Å². The molecular formula is C16H15N5O3. The van der Waals surface area contributed by atoms with Gasteiger partial charge in [-0.3, -0.25) is 0 Å². The Morgan fingerprint density at radius 1 is 1.25 bits per heavy atom. The number of carbonyl (C=O) groups excluding carboxylic acids is 1. The third-order valence-electron chi connectivity index (χ3n) is 3.14. The van der Waals surface area contributed by atoms with Crippen LogP contribution in [-0.4, -0.2) is 28.3 Å². The van der Waals surface area contributed by atoms with Crippen LogP contribution in [0.4, 0.5) is 17.5 Å². The summed E-state index contributed by atoms with van der Waals surface area (Å²) >= 11 is 0. The van der Waals surface area contributed by atoms with Gasteiger partial charge in [-0.25, -0.2) is 4.79 Å². The van der Waals surface area contributed by atoms with Crippen molar-refractivity contribution in [1.29, 1.82) is 0 Å². The molecule has 1 aromatic carbocycles. The van der Waals surface area contributed by atoms with Crippen LogP contribution in [0.25, 0.3) is 0 Å². The number of hydrogen-bond donors (Lipinski definition) is 2. The van der Waals surface area contributed by atoms with Crippen LogP contribution in [0.3, 0.4) is 0 Å². The highest BCUT2D eigenvalue weighted by molar-refractivity contribution is 5.89. The van der Waals surface area contributed by atoms with Crippen LogP contribution in [0.2, 0.25) is 0 Å². The highest BCUT2D eigenvalue weighted by Crippen LogP contribution is 2.16. The molecular weight excluding hydrogens is 310 g/mol. The zero-order valence-electron chi connectivity index (χ0n) is 12.9. The van der Waals surface area contributed by atoms with Gasteiger partial charge in [0.15, 0.2) is 5.82 Å². The molecule has 24 heavy (non-hydrogen) atoms. The summed E-state index contributed by atoms with van der Waals surface area (Å²) in [5, 5.41) is 13.9. The second-order valence-corrected chi connectivity index (χ2v) is 4.79. The first kappa shape index (κ1) is 15.5. The van der Waals surface area contributed by atoms with E-state index in [0.717, 1.165) is 11.4 Å². The van der Waals surface area contributed by atoms with Crippen LogP contribution in [-0.2, 0) is 11.3 Å². The molecule has 3 aromatic rings. The lowest BCUT2D eigenvalue weighted by molar-refractivity contribution is 0.0601. The van der Waals surface area contributed by atoms with Crippen molar-refractivity contribution in [1.82, 2.24) is 15.2 Å². The molecule has 0 aliphatic carbocycles. The third-order valence-corrected chi connectivity index (χ3v) is 3.14. The van der Waals surface area contributed by atoms with Crippen LogP contribution < -0.4 is 10.6 Å². The van der Waals surface area contributed by atoms with Crippen molar-refractivity contribution in [2.45, 2.75) is 6.54 Å². The van der Waals surface area contributed by atoms with E-state index in [-0.39, 0.29) is 5.97 Å². The predicted octanol–water partition coefficient (Wildman–Crippen LogP) is 2.61. The van der Waals surface area contributed by atoms with E-state index in [2.05, 4.69) is 30.6 Å². The Bertz CT molecular complexity index is 803. The fraction of sp³-hybridized carbons (Fsp3) is 0.125. The molecule has 0 aliphatic rings. The fourth-order valence-electron chi connectivity index (χ4n) is 1.97. The number of furan rings is 1. The summed E-state index contributed by atoms with van der Waals surface area (Å²) in [5.41, 5.74) is 1.24. The molecule has 2 aromatic heterocycles. The molecule has 3 rings (SSSR count). The molecule has 0 saturated carbocycles. The zero-order valence-corrected chi connectivity index (χ0v) is 12.9. The van der Waals surface area contributed by atoms with Crippen molar-refractivity contribution in [2.75, 3.05) is 17.7 Å². The predicted molar refractivity (Wildman–Crippen MR) is 86.9 cm³/mol. The minimum absolute atomic E-state index is 0.377. The number of anilines is 3. The molecule has 0 unspecified atom stereocenters. The van der Waals surface area contributed by atoms with Crippen LogP contribution in [0, 0.1) is 0 Å². The summed E-state index contributed by atoms with van der Waals surface area (Å²) in [6.45, 7) is 0.464. The fourth-order valence-corrected chi connectivity index (χ4v) is 1.97. The van der Waals surface area contributed by atoms with Crippen LogP contribution in [0.5, 0.6) is 0 Å². The maximum Gasteiger partial charge on any atom is 0.337 e. The minimum Gasteiger partial charge on any atom is -0.467 e. The SMILES string of the molecule is COC(=O)c1ccc(Nc2cnnc(NCc3ccco3)n2)cc1. The average Bonchev–Trinajstić information content (AvgIpc) is 3.14. The molecule has 2 heterocycles. The van der Waals surface area contributed by atoms with Crippen LogP contribution >= 0.6 is 0 Å². The van der Waals surface area contributed by atoms with Crippen LogP contribution in [0.15, 0.2) is 53.3 Å². The second-order valence-electron chi connectivity index (χ2n) is 4.79. The standard InChI is InChI=1S/C16H15N5O3/c1-23-15(22)11-4-6-12(7-5-11)19-14-10-18-21-16(20-14)17-9-13-3-2-8-24-13/h2-8,10H,9H2,1H3,(H2,17,19,20,21). The molecule has 2 N–H and O–H groups in total. The van der Waals surface area contributed by atoms with E-state index in [4.69, 9.17) is 4.42 Å². The highest BCUT2D eigenvalue weighted by atomic mass is 16.5. The van der Waals surface area contributed by atoms with E-state index in [1.165, 1.54) is 13.3 Å². The Morgan fingerprint density at radius 2 is 2.08 bits per heavy atom. The Kier molecular flexibility index (Phi) is 4.66. The lowest BCUT2D eigenvalue weighted by Gasteiger charge is -2.07. The number of ether oxygens (including phenoxy) is 1. The van der Waals surface area contributed by atoms with Gasteiger partial charge in [-0.15, -0.1) is 5.10 Å². The summed E-state index contributed by atoms with van der Waals surface area (Å²) < 4.78 is 9.89. The molecule has 0 radical (unpaired) electrons. The van der Waals surface area contributed by atoms with E-state index < -0.39 is 0 Å². The Morgan fingerprint density at radius 3 is 2.79 bits per heavy atom. The molecule has 0 atom stereocenters. The zero-order chi connectivity index (χ0) is 16.8. The van der Waals surface area contributed by atoms with Gasteiger partial charge >= 0.3 is 5.97 Å². The van der Waals surface area contributed by atoms with Crippen molar-refractivity contribution in [3.8, 4) is 0 Å². The van der Waals surface area contributed by atoms with Crippen molar-refractivity contribution in [3.63, 3.8) is 0 Å². The largest absolute Gasteiger partial charge is 0.467 e. The molecule has 0 saturated heterocycles. The van der Waals surface area contributed by atoms with Gasteiger partial charge in [0.1, 0.15) is 5.76 Å². The quantitative estimate of drug-likeness (QED) is 0.667. The molecule has 8 nitrogen and oxygen atoms in total. The number of esters is 1. The van der Waals surface area contributed by atoms with Gasteiger partial charge in [-0.2, -0.15) is 10.1 Å². The first-order chi connectivity index (χ1) is 11.7. The second kappa shape index (κ2) is 7.23. The summed E-state index contributed by atoms with van der Waals surface area (Å²) in [4.78, 5) is 15.7. The molecule has 0 fully saturated rings. The smallest absolute Gasteiger partial charge is 0.337 e. The molecule has 8 heteroatoms. The Hall–Kier alpha value is -3.42. The van der Waals surface area contributed by atoms with E-state index in [0.29, 0.717) is 23.9 Å². The summed E-state index contributed by atoms with van der Waals surface area (Å²) in [7, 11) is 1.35. The van der Waals surface area contributed by atoms with Gasteiger partial charge in [0.05, 0.1) is 31.7 Å². The van der Waals surface area contributed by atoms with Crippen molar-refractivity contribution in [3.05, 3.63) is 60.2 Å². The highest BCUT2D eigenvalue weighted by Gasteiger charge is 2.06. The molecule has 0 amide bonds. The monoisotopic (exact) mass is 325 g/mol. The van der Waals surface area contributed by atoms with Gasteiger partial charge in [-0.1, -0.05) is 0 Å². The summed E-state index contributed by atoms with van der Waals surface area (Å²) in [6.07, 6.45) is 3.11. The van der Waals surface area contributed by atoms with E-state index in [1.54, 1.807) is 30.5 Å². The van der Waals surface area contributed by atoms with Gasteiger partial charge in [0.25, 0.3) is 0 Å². The lowest BCUT2D eigenvalue weighted by atomic mass is 10.2.